The predicted octanol–water partition coefficient (Wildman–Crippen LogP) is 3.72. The van der Waals surface area contributed by atoms with Crippen LogP contribution in [0.15, 0.2) is 52.8 Å². The number of benzene rings is 1. The van der Waals surface area contributed by atoms with Crippen molar-refractivity contribution < 1.29 is 4.39 Å². The molecule has 2 fully saturated rings. The molecule has 170 valence electrons. The monoisotopic (exact) mass is 471 g/mol. The summed E-state index contributed by atoms with van der Waals surface area (Å²) in [5.41, 5.74) is 12.5. The van der Waals surface area contributed by atoms with E-state index in [9.17, 15) is 4.39 Å². The average molecular weight is 472 g/mol. The van der Waals surface area contributed by atoms with E-state index < -0.39 is 0 Å². The van der Waals surface area contributed by atoms with Crippen molar-refractivity contribution in [1.29, 1.82) is 0 Å². The van der Waals surface area contributed by atoms with Crippen LogP contribution in [0.25, 0.3) is 22.2 Å². The van der Waals surface area contributed by atoms with Gasteiger partial charge < -0.3 is 16.0 Å². The first-order valence-electron chi connectivity index (χ1n) is 11.4. The molecule has 34 heavy (non-hydrogen) atoms. The van der Waals surface area contributed by atoms with E-state index >= 15 is 0 Å². The molecular weight excluding hydrogens is 449 g/mol. The van der Waals surface area contributed by atoms with E-state index in [0.717, 1.165) is 62.9 Å². The Balaban J connectivity index is 1.33. The van der Waals surface area contributed by atoms with Crippen molar-refractivity contribution in [2.24, 2.45) is 17.6 Å². The Hall–Kier alpha value is -3.30. The zero-order valence-corrected chi connectivity index (χ0v) is 19.3. The molecule has 4 heterocycles. The van der Waals surface area contributed by atoms with Gasteiger partial charge in [-0.3, -0.25) is 9.97 Å². The number of piperidine rings is 1. The van der Waals surface area contributed by atoms with E-state index in [1.54, 1.807) is 18.3 Å². The third-order valence-electron chi connectivity index (χ3n) is 7.24. The van der Waals surface area contributed by atoms with Crippen molar-refractivity contribution in [3.63, 3.8) is 0 Å². The van der Waals surface area contributed by atoms with Gasteiger partial charge in [0.2, 0.25) is 0 Å². The molecule has 3 aromatic heterocycles. The summed E-state index contributed by atoms with van der Waals surface area (Å²) in [6.07, 6.45) is 4.24. The van der Waals surface area contributed by atoms with Gasteiger partial charge in [0.05, 0.1) is 16.7 Å². The van der Waals surface area contributed by atoms with Crippen LogP contribution >= 0.6 is 11.8 Å². The summed E-state index contributed by atoms with van der Waals surface area (Å²) >= 11 is 1.48. The van der Waals surface area contributed by atoms with Crippen LogP contribution in [0, 0.1) is 17.7 Å². The maximum absolute atomic E-state index is 14.5. The Bertz CT molecular complexity index is 1460. The fraction of sp³-hybridized carbons (Fsp3) is 0.280. The van der Waals surface area contributed by atoms with Crippen LogP contribution in [0.1, 0.15) is 11.3 Å². The summed E-state index contributed by atoms with van der Waals surface area (Å²) < 4.78 is 14.5. The number of pyridine rings is 2. The number of nitrogens with one attached hydrogen (secondary N) is 1. The topological polar surface area (TPSA) is 92.8 Å². The number of nitrogens with two attached hydrogens (primary N) is 1. The third kappa shape index (κ3) is 3.07. The summed E-state index contributed by atoms with van der Waals surface area (Å²) in [5.74, 6) is 1.64. The number of hydrogen-bond acceptors (Lipinski definition) is 8. The van der Waals surface area contributed by atoms with Crippen LogP contribution in [0.2, 0.25) is 0 Å². The molecule has 2 unspecified atom stereocenters. The molecular formula is C25H22FN7S. The van der Waals surface area contributed by atoms with E-state index in [2.05, 4.69) is 20.2 Å². The molecule has 7 nitrogen and oxygen atoms in total. The predicted molar refractivity (Wildman–Crippen MR) is 131 cm³/mol. The highest BCUT2D eigenvalue weighted by Crippen LogP contribution is 2.50. The van der Waals surface area contributed by atoms with Crippen molar-refractivity contribution in [2.75, 3.05) is 30.4 Å². The zero-order valence-electron chi connectivity index (χ0n) is 18.5. The molecule has 1 aromatic carbocycles. The molecule has 0 radical (unpaired) electrons. The Morgan fingerprint density at radius 2 is 1.97 bits per heavy atom. The number of nitrogens with zero attached hydrogens (tertiary/aromatic N) is 5. The molecule has 3 N–H and O–H groups in total. The molecule has 2 atom stereocenters. The van der Waals surface area contributed by atoms with E-state index in [-0.39, 0.29) is 11.9 Å². The molecule has 4 aromatic rings. The second kappa shape index (κ2) is 7.35. The highest BCUT2D eigenvalue weighted by Gasteiger charge is 2.54. The summed E-state index contributed by atoms with van der Waals surface area (Å²) in [4.78, 5) is 22.1. The first kappa shape index (κ1) is 20.1. The first-order valence-corrected chi connectivity index (χ1v) is 12.2. The largest absolute Gasteiger partial charge is 0.388 e. The fourth-order valence-corrected chi connectivity index (χ4v) is 6.21. The van der Waals surface area contributed by atoms with Crippen molar-refractivity contribution in [3.8, 4) is 11.1 Å². The van der Waals surface area contributed by atoms with Gasteiger partial charge in [0.1, 0.15) is 11.6 Å². The minimum absolute atomic E-state index is 0.263. The zero-order chi connectivity index (χ0) is 23.0. The number of rotatable bonds is 4. The van der Waals surface area contributed by atoms with Gasteiger partial charge in [-0.15, -0.1) is 0 Å². The second-order valence-corrected chi connectivity index (χ2v) is 10.2. The molecule has 3 aliphatic rings. The lowest BCUT2D eigenvalue weighted by Crippen LogP contribution is -2.29. The maximum Gasteiger partial charge on any atom is 0.194 e. The quantitative estimate of drug-likeness (QED) is 0.383. The van der Waals surface area contributed by atoms with Gasteiger partial charge in [0.25, 0.3) is 0 Å². The summed E-state index contributed by atoms with van der Waals surface area (Å²) in [6.45, 7) is 1.76. The molecule has 0 amide bonds. The van der Waals surface area contributed by atoms with Crippen LogP contribution in [-0.4, -0.2) is 46.1 Å². The van der Waals surface area contributed by atoms with Crippen molar-refractivity contribution >= 4 is 34.3 Å². The molecule has 1 saturated heterocycles. The first-order chi connectivity index (χ1) is 16.6. The standard InChI is InChI=1S/C25H22FN7S/c1-28-19-6-12(26)5-15-14(19)8-21-22(15)24(33-10-16-17(11-33)23(16)27)32-25(31-21)34-13-7-20-18(30-9-13)3-2-4-29-20/h2-7,9,16-17,23,28H,8,10-11,27H2,1H3. The smallest absolute Gasteiger partial charge is 0.194 e. The molecule has 0 bridgehead atoms. The number of hydrogen-bond donors (Lipinski definition) is 2. The average Bonchev–Trinajstić information content (AvgIpc) is 3.19. The number of fused-ring (bicyclic) bond motifs is 5. The minimum Gasteiger partial charge on any atom is -0.388 e. The Labute approximate surface area is 200 Å². The van der Waals surface area contributed by atoms with E-state index in [1.807, 2.05) is 31.4 Å². The fourth-order valence-electron chi connectivity index (χ4n) is 5.43. The Morgan fingerprint density at radius 1 is 1.12 bits per heavy atom. The number of anilines is 2. The summed E-state index contributed by atoms with van der Waals surface area (Å²) in [7, 11) is 1.82. The highest BCUT2D eigenvalue weighted by molar-refractivity contribution is 7.99. The second-order valence-electron chi connectivity index (χ2n) is 9.18. The maximum atomic E-state index is 14.5. The van der Waals surface area contributed by atoms with Gasteiger partial charge in [0.15, 0.2) is 5.16 Å². The minimum atomic E-state index is -0.263. The Morgan fingerprint density at radius 3 is 2.79 bits per heavy atom. The van der Waals surface area contributed by atoms with Crippen molar-refractivity contribution in [3.05, 3.63) is 59.8 Å². The van der Waals surface area contributed by atoms with E-state index in [0.29, 0.717) is 23.4 Å². The SMILES string of the molecule is CNc1cc(F)cc2c1Cc1nc(Sc3cnc4cccnc4c3)nc(N3CC4C(N)C4C3)c1-2. The van der Waals surface area contributed by atoms with E-state index in [1.165, 1.54) is 11.8 Å². The summed E-state index contributed by atoms with van der Waals surface area (Å²) in [6, 6.07) is 9.28. The summed E-state index contributed by atoms with van der Waals surface area (Å²) in [5, 5.41) is 3.81. The van der Waals surface area contributed by atoms with Gasteiger partial charge in [0, 0.05) is 61.1 Å². The van der Waals surface area contributed by atoms with Crippen LogP contribution in [0.3, 0.4) is 0 Å². The number of halogens is 1. The molecule has 9 heteroatoms. The lowest BCUT2D eigenvalue weighted by Gasteiger charge is -2.23. The third-order valence-corrected chi connectivity index (χ3v) is 8.06. The van der Waals surface area contributed by atoms with Crippen molar-refractivity contribution in [1.82, 2.24) is 19.9 Å². The van der Waals surface area contributed by atoms with Crippen LogP contribution < -0.4 is 16.0 Å². The van der Waals surface area contributed by atoms with Crippen LogP contribution in [-0.2, 0) is 6.42 Å². The van der Waals surface area contributed by atoms with E-state index in [4.69, 9.17) is 15.7 Å². The Kier molecular flexibility index (Phi) is 4.35. The lowest BCUT2D eigenvalue weighted by atomic mass is 10.0. The molecule has 1 saturated carbocycles. The van der Waals surface area contributed by atoms with Gasteiger partial charge in [-0.05, 0) is 65.1 Å². The van der Waals surface area contributed by atoms with Gasteiger partial charge >= 0.3 is 0 Å². The number of aromatic nitrogens is 4. The molecule has 2 aliphatic carbocycles. The lowest BCUT2D eigenvalue weighted by molar-refractivity contribution is 0.628. The van der Waals surface area contributed by atoms with Gasteiger partial charge in [-0.1, -0.05) is 0 Å². The van der Waals surface area contributed by atoms with Gasteiger partial charge in [-0.25, -0.2) is 14.4 Å². The molecule has 1 aliphatic heterocycles. The molecule has 7 rings (SSSR count). The van der Waals surface area contributed by atoms with Gasteiger partial charge in [-0.2, -0.15) is 0 Å². The highest BCUT2D eigenvalue weighted by atomic mass is 32.2. The molecule has 0 spiro atoms. The van der Waals surface area contributed by atoms with Crippen LogP contribution in [0.5, 0.6) is 0 Å². The van der Waals surface area contributed by atoms with Crippen LogP contribution in [0.4, 0.5) is 15.9 Å². The normalized spacial score (nSPS) is 22.0. The van der Waals surface area contributed by atoms with Crippen molar-refractivity contribution in [2.45, 2.75) is 22.5 Å².